The highest BCUT2D eigenvalue weighted by atomic mass is 35.5. The molecule has 1 fully saturated rings. The minimum atomic E-state index is 0.124. The van der Waals surface area contributed by atoms with Crippen LogP contribution in [0.3, 0.4) is 0 Å². The fourth-order valence-electron chi connectivity index (χ4n) is 1.71. The molecular weight excluding hydrogens is 249 g/mol. The highest BCUT2D eigenvalue weighted by molar-refractivity contribution is 6.32. The summed E-state index contributed by atoms with van der Waals surface area (Å²) in [5.41, 5.74) is 0.737. The lowest BCUT2D eigenvalue weighted by atomic mass is 10.1. The first-order valence-corrected chi connectivity index (χ1v) is 5.87. The molecule has 2 heterocycles. The van der Waals surface area contributed by atoms with Gasteiger partial charge in [0.05, 0.1) is 6.54 Å². The largest absolute Gasteiger partial charge is 0.338 e. The van der Waals surface area contributed by atoms with Crippen LogP contribution in [0.5, 0.6) is 0 Å². The van der Waals surface area contributed by atoms with Crippen LogP contribution >= 0.6 is 23.2 Å². The molecule has 0 spiro atoms. The van der Waals surface area contributed by atoms with Crippen LogP contribution in [-0.4, -0.2) is 27.3 Å². The number of hydrogen-bond donors (Lipinski definition) is 0. The van der Waals surface area contributed by atoms with Crippen LogP contribution in [0.2, 0.25) is 10.4 Å². The van der Waals surface area contributed by atoms with E-state index in [1.807, 2.05) is 0 Å². The van der Waals surface area contributed by atoms with Gasteiger partial charge < -0.3 is 4.90 Å². The Bertz CT molecular complexity index is 411. The molecule has 0 radical (unpaired) electrons. The topological polar surface area (TPSA) is 46.1 Å². The van der Waals surface area contributed by atoms with E-state index in [1.165, 1.54) is 0 Å². The predicted molar refractivity (Wildman–Crippen MR) is 61.3 cm³/mol. The first kappa shape index (κ1) is 11.6. The highest BCUT2D eigenvalue weighted by Crippen LogP contribution is 2.19. The van der Waals surface area contributed by atoms with Crippen molar-refractivity contribution in [1.82, 2.24) is 14.9 Å². The summed E-state index contributed by atoms with van der Waals surface area (Å²) in [7, 11) is 0. The van der Waals surface area contributed by atoms with Crippen LogP contribution in [0.15, 0.2) is 6.20 Å². The molecule has 0 aliphatic carbocycles. The third-order valence-corrected chi connectivity index (χ3v) is 3.07. The Morgan fingerprint density at radius 1 is 1.38 bits per heavy atom. The maximum Gasteiger partial charge on any atom is 0.223 e. The zero-order valence-corrected chi connectivity index (χ0v) is 10.1. The second kappa shape index (κ2) is 4.97. The van der Waals surface area contributed by atoms with E-state index in [4.69, 9.17) is 23.2 Å². The molecule has 1 aromatic rings. The maximum atomic E-state index is 11.6. The van der Waals surface area contributed by atoms with E-state index in [1.54, 1.807) is 11.1 Å². The number of amides is 1. The number of nitrogens with zero attached hydrogens (tertiary/aromatic N) is 3. The van der Waals surface area contributed by atoms with Crippen molar-refractivity contribution in [3.8, 4) is 0 Å². The molecule has 0 atom stereocenters. The molecule has 6 heteroatoms. The third kappa shape index (κ3) is 2.62. The molecule has 4 nitrogen and oxygen atoms in total. The molecular formula is C10H11Cl2N3O. The number of carbonyl (C=O) groups is 1. The average Bonchev–Trinajstić information content (AvgIpc) is 2.25. The highest BCUT2D eigenvalue weighted by Gasteiger charge is 2.19. The van der Waals surface area contributed by atoms with E-state index in [-0.39, 0.29) is 11.2 Å². The zero-order valence-electron chi connectivity index (χ0n) is 8.62. The van der Waals surface area contributed by atoms with Crippen LogP contribution < -0.4 is 0 Å². The molecule has 0 bridgehead atoms. The van der Waals surface area contributed by atoms with Gasteiger partial charge in [-0.05, 0) is 24.4 Å². The second-order valence-electron chi connectivity index (χ2n) is 3.73. The molecule has 86 valence electrons. The van der Waals surface area contributed by atoms with Gasteiger partial charge in [-0.25, -0.2) is 9.97 Å². The van der Waals surface area contributed by atoms with E-state index in [0.29, 0.717) is 18.1 Å². The molecule has 0 unspecified atom stereocenters. The number of piperidine rings is 1. The van der Waals surface area contributed by atoms with Gasteiger partial charge in [0.2, 0.25) is 11.2 Å². The summed E-state index contributed by atoms with van der Waals surface area (Å²) < 4.78 is 0. The van der Waals surface area contributed by atoms with Crippen LogP contribution in [0.25, 0.3) is 0 Å². The summed E-state index contributed by atoms with van der Waals surface area (Å²) in [6.07, 6.45) is 4.20. The van der Waals surface area contributed by atoms with E-state index in [2.05, 4.69) is 9.97 Å². The lowest BCUT2D eigenvalue weighted by Gasteiger charge is -2.26. The summed E-state index contributed by atoms with van der Waals surface area (Å²) in [5.74, 6) is 0.164. The number of likely N-dealkylation sites (tertiary alicyclic amines) is 1. The molecule has 16 heavy (non-hydrogen) atoms. The summed E-state index contributed by atoms with van der Waals surface area (Å²) in [5, 5.41) is 0.442. The Morgan fingerprint density at radius 2 is 2.19 bits per heavy atom. The zero-order chi connectivity index (χ0) is 11.5. The molecule has 0 aromatic carbocycles. The van der Waals surface area contributed by atoms with Gasteiger partial charge in [-0.1, -0.05) is 11.6 Å². The molecule has 1 aromatic heterocycles. The van der Waals surface area contributed by atoms with Gasteiger partial charge in [-0.3, -0.25) is 4.79 Å². The van der Waals surface area contributed by atoms with Crippen LogP contribution in [-0.2, 0) is 11.3 Å². The molecule has 2 rings (SSSR count). The summed E-state index contributed by atoms with van der Waals surface area (Å²) >= 11 is 11.5. The van der Waals surface area contributed by atoms with E-state index >= 15 is 0 Å². The van der Waals surface area contributed by atoms with Gasteiger partial charge in [0.1, 0.15) is 5.15 Å². The minimum absolute atomic E-state index is 0.124. The molecule has 1 amide bonds. The van der Waals surface area contributed by atoms with Crippen molar-refractivity contribution in [3.63, 3.8) is 0 Å². The van der Waals surface area contributed by atoms with Gasteiger partial charge in [-0.15, -0.1) is 0 Å². The van der Waals surface area contributed by atoms with Crippen LogP contribution in [0, 0.1) is 0 Å². The van der Waals surface area contributed by atoms with Gasteiger partial charge in [0.15, 0.2) is 0 Å². The SMILES string of the molecule is O=C1CCCCN1Cc1cnc(Cl)nc1Cl. The molecule has 1 aliphatic heterocycles. The Kier molecular flexibility index (Phi) is 3.61. The maximum absolute atomic E-state index is 11.6. The summed E-state index contributed by atoms with van der Waals surface area (Å²) in [4.78, 5) is 21.1. The monoisotopic (exact) mass is 259 g/mol. The number of rotatable bonds is 2. The first-order chi connectivity index (χ1) is 7.66. The standard InChI is InChI=1S/C10H11Cl2N3O/c11-9-7(5-13-10(12)14-9)6-15-4-2-1-3-8(15)16/h5H,1-4,6H2. The molecule has 0 saturated carbocycles. The van der Waals surface area contributed by atoms with E-state index in [9.17, 15) is 4.79 Å². The smallest absolute Gasteiger partial charge is 0.223 e. The average molecular weight is 260 g/mol. The van der Waals surface area contributed by atoms with Crippen molar-refractivity contribution in [2.45, 2.75) is 25.8 Å². The van der Waals surface area contributed by atoms with Crippen molar-refractivity contribution in [1.29, 1.82) is 0 Å². The van der Waals surface area contributed by atoms with Gasteiger partial charge >= 0.3 is 0 Å². The second-order valence-corrected chi connectivity index (χ2v) is 4.42. The molecule has 1 aliphatic rings. The van der Waals surface area contributed by atoms with Crippen molar-refractivity contribution < 1.29 is 4.79 Å². The van der Waals surface area contributed by atoms with E-state index < -0.39 is 0 Å². The van der Waals surface area contributed by atoms with Crippen LogP contribution in [0.1, 0.15) is 24.8 Å². The Labute approximate surface area is 104 Å². The Balaban J connectivity index is 2.10. The number of aromatic nitrogens is 2. The normalized spacial score (nSPS) is 16.6. The lowest BCUT2D eigenvalue weighted by molar-refractivity contribution is -0.133. The Morgan fingerprint density at radius 3 is 2.88 bits per heavy atom. The van der Waals surface area contributed by atoms with Gasteiger partial charge in [-0.2, -0.15) is 0 Å². The minimum Gasteiger partial charge on any atom is -0.338 e. The van der Waals surface area contributed by atoms with Crippen molar-refractivity contribution >= 4 is 29.1 Å². The fraction of sp³-hybridized carbons (Fsp3) is 0.500. The third-order valence-electron chi connectivity index (χ3n) is 2.56. The Hall–Kier alpha value is -0.870. The summed E-state index contributed by atoms with van der Waals surface area (Å²) in [6.45, 7) is 1.24. The molecule has 1 saturated heterocycles. The molecule has 0 N–H and O–H groups in total. The fourth-order valence-corrected chi connectivity index (χ4v) is 2.07. The number of hydrogen-bond acceptors (Lipinski definition) is 3. The first-order valence-electron chi connectivity index (χ1n) is 5.11. The van der Waals surface area contributed by atoms with Crippen LogP contribution in [0.4, 0.5) is 0 Å². The van der Waals surface area contributed by atoms with Gasteiger partial charge in [0, 0.05) is 24.7 Å². The van der Waals surface area contributed by atoms with Crippen molar-refractivity contribution in [2.75, 3.05) is 6.54 Å². The lowest BCUT2D eigenvalue weighted by Crippen LogP contribution is -2.34. The summed E-state index contributed by atoms with van der Waals surface area (Å²) in [6, 6.07) is 0. The predicted octanol–water partition coefficient (Wildman–Crippen LogP) is 2.30. The van der Waals surface area contributed by atoms with Gasteiger partial charge in [0.25, 0.3) is 0 Å². The number of carbonyl (C=O) groups excluding carboxylic acids is 1. The quantitative estimate of drug-likeness (QED) is 0.605. The van der Waals surface area contributed by atoms with Crippen molar-refractivity contribution in [3.05, 3.63) is 22.2 Å². The van der Waals surface area contributed by atoms with E-state index in [0.717, 1.165) is 24.9 Å². The number of halogens is 2. The van der Waals surface area contributed by atoms with Crippen molar-refractivity contribution in [2.24, 2.45) is 0 Å².